The topological polar surface area (TPSA) is 108 Å². The van der Waals surface area contributed by atoms with Crippen LogP contribution in [-0.4, -0.2) is 81.9 Å². The van der Waals surface area contributed by atoms with Gasteiger partial charge in [-0.2, -0.15) is 0 Å². The molecule has 3 aromatic rings. The molecule has 0 spiro atoms. The first kappa shape index (κ1) is 23.7. The van der Waals surface area contributed by atoms with Gasteiger partial charge in [-0.1, -0.05) is 18.1 Å². The van der Waals surface area contributed by atoms with Crippen LogP contribution in [0.1, 0.15) is 12.2 Å². The summed E-state index contributed by atoms with van der Waals surface area (Å²) < 4.78 is 25.9. The molecule has 2 aromatic heterocycles. The molecule has 0 saturated carbocycles. The smallest absolute Gasteiger partial charge is 0.273 e. The molecule has 0 radical (unpaired) electrons. The molecule has 2 saturated heterocycles. The predicted molar refractivity (Wildman–Crippen MR) is 133 cm³/mol. The molecule has 0 amide bonds. The van der Waals surface area contributed by atoms with Gasteiger partial charge < -0.3 is 20.6 Å². The van der Waals surface area contributed by atoms with Crippen LogP contribution in [0.3, 0.4) is 0 Å². The van der Waals surface area contributed by atoms with Crippen LogP contribution in [0.5, 0.6) is 5.75 Å². The minimum absolute atomic E-state index is 0.134. The predicted octanol–water partition coefficient (Wildman–Crippen LogP) is 2.24. The number of rotatable bonds is 4. The Labute approximate surface area is 207 Å². The third kappa shape index (κ3) is 5.28. The van der Waals surface area contributed by atoms with Crippen molar-refractivity contribution in [3.05, 3.63) is 48.4 Å². The molecule has 2 aliphatic rings. The van der Waals surface area contributed by atoms with Gasteiger partial charge in [-0.15, -0.1) is 10.2 Å². The number of nitrogen functional groups attached to an aromatic ring is 1. The number of anilines is 3. The maximum absolute atomic E-state index is 13.0. The normalized spacial score (nSPS) is 17.6. The molecule has 4 heterocycles. The van der Waals surface area contributed by atoms with E-state index in [1.807, 2.05) is 18.2 Å². The zero-order chi connectivity index (χ0) is 25.1. The Hall–Kier alpha value is -4.04. The molecule has 5 rings (SSSR count). The zero-order valence-corrected chi connectivity index (χ0v) is 19.6. The molecule has 0 bridgehead atoms. The quantitative estimate of drug-likeness (QED) is 0.530. The van der Waals surface area contributed by atoms with Gasteiger partial charge in [-0.3, -0.25) is 4.90 Å². The standard InChI is InChI=1S/C25H26F2N8O/c26-25(27)16-33(17-25)10-3-7-22-29-9-8-23(30-22)35-12-4-11-34(13-14-35)20-15-19(31-32-24(20)28)18-5-1-2-6-21(18)36/h1-2,5-6,8-9,15,36H,4,10-14,16-17H2,(H2,28,32). The van der Waals surface area contributed by atoms with Gasteiger partial charge in [-0.25, -0.2) is 18.7 Å². The molecule has 186 valence electrons. The highest BCUT2D eigenvalue weighted by Gasteiger charge is 2.43. The third-order valence-electron chi connectivity index (χ3n) is 6.20. The largest absolute Gasteiger partial charge is 0.507 e. The Morgan fingerprint density at radius 3 is 2.61 bits per heavy atom. The lowest BCUT2D eigenvalue weighted by Crippen LogP contribution is -2.55. The van der Waals surface area contributed by atoms with Crippen LogP contribution >= 0.6 is 0 Å². The third-order valence-corrected chi connectivity index (χ3v) is 6.20. The van der Waals surface area contributed by atoms with Crippen LogP contribution in [0, 0.1) is 11.8 Å². The Balaban J connectivity index is 1.26. The number of phenols is 1. The van der Waals surface area contributed by atoms with E-state index < -0.39 is 5.92 Å². The summed E-state index contributed by atoms with van der Waals surface area (Å²) in [6, 6.07) is 10.7. The highest BCUT2D eigenvalue weighted by atomic mass is 19.3. The van der Waals surface area contributed by atoms with Gasteiger partial charge >= 0.3 is 0 Å². The second kappa shape index (κ2) is 9.91. The first-order valence-electron chi connectivity index (χ1n) is 11.7. The van der Waals surface area contributed by atoms with Gasteiger partial charge in [0.25, 0.3) is 5.92 Å². The Bertz CT molecular complexity index is 1300. The Kier molecular flexibility index (Phi) is 6.52. The van der Waals surface area contributed by atoms with E-state index in [0.29, 0.717) is 36.0 Å². The monoisotopic (exact) mass is 492 g/mol. The van der Waals surface area contributed by atoms with E-state index in [9.17, 15) is 13.9 Å². The number of halogens is 2. The lowest BCUT2D eigenvalue weighted by molar-refractivity contribution is -0.125. The molecular weight excluding hydrogens is 466 g/mol. The first-order valence-corrected chi connectivity index (χ1v) is 11.7. The molecule has 0 aliphatic carbocycles. The number of aromatic hydroxyl groups is 1. The van der Waals surface area contributed by atoms with Crippen LogP contribution in [0.2, 0.25) is 0 Å². The van der Waals surface area contributed by atoms with E-state index in [1.54, 1.807) is 29.3 Å². The van der Waals surface area contributed by atoms with Crippen LogP contribution in [0.4, 0.5) is 26.1 Å². The summed E-state index contributed by atoms with van der Waals surface area (Å²) in [5.41, 5.74) is 8.10. The van der Waals surface area contributed by atoms with Crippen molar-refractivity contribution in [1.29, 1.82) is 0 Å². The van der Waals surface area contributed by atoms with Crippen LogP contribution in [-0.2, 0) is 0 Å². The first-order chi connectivity index (χ1) is 17.4. The van der Waals surface area contributed by atoms with Crippen molar-refractivity contribution in [1.82, 2.24) is 25.1 Å². The summed E-state index contributed by atoms with van der Waals surface area (Å²) in [7, 11) is 0. The number of benzene rings is 1. The number of hydrogen-bond acceptors (Lipinski definition) is 9. The van der Waals surface area contributed by atoms with Crippen molar-refractivity contribution < 1.29 is 13.9 Å². The fourth-order valence-electron chi connectivity index (χ4n) is 4.39. The van der Waals surface area contributed by atoms with E-state index in [-0.39, 0.29) is 25.4 Å². The van der Waals surface area contributed by atoms with Crippen LogP contribution in [0.15, 0.2) is 42.6 Å². The number of hydrogen-bond donors (Lipinski definition) is 2. The summed E-state index contributed by atoms with van der Waals surface area (Å²) in [4.78, 5) is 14.7. The Morgan fingerprint density at radius 2 is 1.81 bits per heavy atom. The molecule has 11 heteroatoms. The molecule has 0 atom stereocenters. The van der Waals surface area contributed by atoms with Gasteiger partial charge in [0.2, 0.25) is 5.82 Å². The highest BCUT2D eigenvalue weighted by Crippen LogP contribution is 2.32. The zero-order valence-electron chi connectivity index (χ0n) is 19.6. The van der Waals surface area contributed by atoms with E-state index >= 15 is 0 Å². The molecule has 2 aliphatic heterocycles. The summed E-state index contributed by atoms with van der Waals surface area (Å²) in [6.07, 6.45) is 2.53. The van der Waals surface area contributed by atoms with Crippen molar-refractivity contribution in [2.75, 3.05) is 61.3 Å². The summed E-state index contributed by atoms with van der Waals surface area (Å²) in [5.74, 6) is 4.78. The van der Waals surface area contributed by atoms with Gasteiger partial charge in [0.15, 0.2) is 5.82 Å². The molecular formula is C25H26F2N8O. The van der Waals surface area contributed by atoms with E-state index in [0.717, 1.165) is 31.0 Å². The Morgan fingerprint density at radius 1 is 1.03 bits per heavy atom. The number of para-hydroxylation sites is 1. The molecule has 1 aromatic carbocycles. The minimum Gasteiger partial charge on any atom is -0.507 e. The van der Waals surface area contributed by atoms with Gasteiger partial charge in [0.05, 0.1) is 31.0 Å². The van der Waals surface area contributed by atoms with Gasteiger partial charge in [-0.05, 0) is 36.6 Å². The van der Waals surface area contributed by atoms with E-state index in [4.69, 9.17) is 5.73 Å². The maximum atomic E-state index is 13.0. The molecule has 9 nitrogen and oxygen atoms in total. The number of nitrogens with zero attached hydrogens (tertiary/aromatic N) is 7. The van der Waals surface area contributed by atoms with Crippen molar-refractivity contribution in [3.8, 4) is 28.8 Å². The average molecular weight is 493 g/mol. The lowest BCUT2D eigenvalue weighted by atomic mass is 10.1. The highest BCUT2D eigenvalue weighted by molar-refractivity contribution is 5.74. The number of likely N-dealkylation sites (tertiary alicyclic amines) is 1. The fourth-order valence-corrected chi connectivity index (χ4v) is 4.39. The van der Waals surface area contributed by atoms with E-state index in [2.05, 4.69) is 41.8 Å². The maximum Gasteiger partial charge on any atom is 0.273 e. The van der Waals surface area contributed by atoms with Gasteiger partial charge in [0.1, 0.15) is 11.6 Å². The molecule has 3 N–H and O–H groups in total. The van der Waals surface area contributed by atoms with Crippen molar-refractivity contribution in [2.24, 2.45) is 0 Å². The van der Waals surface area contributed by atoms with E-state index in [1.165, 1.54) is 0 Å². The molecule has 0 unspecified atom stereocenters. The van der Waals surface area contributed by atoms with Crippen LogP contribution < -0.4 is 15.5 Å². The lowest BCUT2D eigenvalue weighted by Gasteiger charge is -2.37. The second-order valence-electron chi connectivity index (χ2n) is 8.89. The van der Waals surface area contributed by atoms with Crippen LogP contribution in [0.25, 0.3) is 11.3 Å². The van der Waals surface area contributed by atoms with Gasteiger partial charge in [0, 0.05) is 37.9 Å². The number of aromatic nitrogens is 4. The number of nitrogens with two attached hydrogens (primary N) is 1. The summed E-state index contributed by atoms with van der Waals surface area (Å²) in [5, 5.41) is 18.5. The average Bonchev–Trinajstić information content (AvgIpc) is 3.10. The molecule has 2 fully saturated rings. The molecule has 36 heavy (non-hydrogen) atoms. The number of alkyl halides is 2. The van der Waals surface area contributed by atoms with Crippen molar-refractivity contribution in [3.63, 3.8) is 0 Å². The summed E-state index contributed by atoms with van der Waals surface area (Å²) in [6.45, 7) is 2.70. The number of phenolic OH excluding ortho intramolecular Hbond substituents is 1. The second-order valence-corrected chi connectivity index (χ2v) is 8.89. The fraction of sp³-hybridized carbons (Fsp3) is 0.360. The van der Waals surface area contributed by atoms with Crippen molar-refractivity contribution >= 4 is 17.3 Å². The van der Waals surface area contributed by atoms with Crippen molar-refractivity contribution in [2.45, 2.75) is 12.3 Å². The minimum atomic E-state index is -2.60. The SMILES string of the molecule is Nc1nnc(-c2ccccc2O)cc1N1CCCN(c2ccnc(C#CCN3CC(F)(F)C3)n2)CC1. The summed E-state index contributed by atoms with van der Waals surface area (Å²) >= 11 is 0.